The monoisotopic (exact) mass is 571 g/mol. The Balaban J connectivity index is 1.30. The molecule has 1 saturated carbocycles. The highest BCUT2D eigenvalue weighted by Crippen LogP contribution is 2.38. The van der Waals surface area contributed by atoms with Gasteiger partial charge in [-0.2, -0.15) is 17.5 Å². The highest BCUT2D eigenvalue weighted by Gasteiger charge is 2.44. The lowest BCUT2D eigenvalue weighted by atomic mass is 10.0. The van der Waals surface area contributed by atoms with Gasteiger partial charge in [-0.3, -0.25) is 9.59 Å². The molecule has 2 aliphatic rings. The number of amides is 2. The van der Waals surface area contributed by atoms with Crippen LogP contribution < -0.4 is 5.32 Å². The maximum atomic E-state index is 13.4. The van der Waals surface area contributed by atoms with Gasteiger partial charge in [0.25, 0.3) is 0 Å². The Kier molecular flexibility index (Phi) is 8.68. The number of piperidine rings is 1. The Morgan fingerprint density at radius 1 is 0.974 bits per heavy atom. The molecule has 38 heavy (non-hydrogen) atoms. The van der Waals surface area contributed by atoms with Crippen LogP contribution >= 0.6 is 11.6 Å². The molecular formula is C26H29ClF3N3O4S. The number of benzene rings is 2. The SMILES string of the molecule is O=C(CCC(=O)N1CCC(N(C2CC2)S(=O)(=O)c2cccc(C(F)(F)F)c2)CC1)NCc1ccc(Cl)cc1. The highest BCUT2D eigenvalue weighted by molar-refractivity contribution is 7.89. The van der Waals surface area contributed by atoms with Crippen molar-refractivity contribution in [1.82, 2.24) is 14.5 Å². The van der Waals surface area contributed by atoms with E-state index in [-0.39, 0.29) is 35.6 Å². The van der Waals surface area contributed by atoms with E-state index in [1.54, 1.807) is 29.2 Å². The molecule has 0 bridgehead atoms. The maximum Gasteiger partial charge on any atom is 0.416 e. The fourth-order valence-corrected chi connectivity index (χ4v) is 6.72. The standard InChI is InChI=1S/C26H29ClF3N3O4S/c27-20-6-4-18(5-7-20)17-31-24(34)10-11-25(35)32-14-12-22(13-15-32)33(21-8-9-21)38(36,37)23-3-1-2-19(16-23)26(28,29)30/h1-7,16,21-22H,8-15,17H2,(H,31,34). The fourth-order valence-electron chi connectivity index (χ4n) is 4.61. The molecule has 1 aliphatic heterocycles. The fraction of sp³-hybridized carbons (Fsp3) is 0.462. The number of rotatable bonds is 9. The van der Waals surface area contributed by atoms with E-state index in [1.165, 1.54) is 10.4 Å². The molecule has 0 atom stereocenters. The molecule has 2 amide bonds. The summed E-state index contributed by atoms with van der Waals surface area (Å²) in [7, 11) is -4.14. The lowest BCUT2D eigenvalue weighted by molar-refractivity contribution is -0.137. The summed E-state index contributed by atoms with van der Waals surface area (Å²) < 4.78 is 67.7. The van der Waals surface area contributed by atoms with Crippen LogP contribution in [0.5, 0.6) is 0 Å². The molecule has 1 heterocycles. The van der Waals surface area contributed by atoms with Gasteiger partial charge in [0.05, 0.1) is 10.5 Å². The number of nitrogens with one attached hydrogen (secondary N) is 1. The van der Waals surface area contributed by atoms with Gasteiger partial charge in [-0.05, 0) is 61.6 Å². The second-order valence-electron chi connectivity index (χ2n) is 9.61. The molecule has 0 radical (unpaired) electrons. The Hall–Kier alpha value is -2.63. The molecule has 7 nitrogen and oxygen atoms in total. The zero-order chi connectivity index (χ0) is 27.5. The smallest absolute Gasteiger partial charge is 0.352 e. The zero-order valence-corrected chi connectivity index (χ0v) is 22.2. The van der Waals surface area contributed by atoms with Crippen LogP contribution in [-0.2, 0) is 32.3 Å². The summed E-state index contributed by atoms with van der Waals surface area (Å²) in [5, 5.41) is 3.37. The van der Waals surface area contributed by atoms with Crippen molar-refractivity contribution in [2.45, 2.75) is 68.2 Å². The Morgan fingerprint density at radius 3 is 2.21 bits per heavy atom. The molecule has 2 fully saturated rings. The number of carbonyl (C=O) groups excluding carboxylic acids is 2. The van der Waals surface area contributed by atoms with Crippen LogP contribution in [0.3, 0.4) is 0 Å². The molecule has 4 rings (SSSR count). The number of sulfonamides is 1. The summed E-state index contributed by atoms with van der Waals surface area (Å²) in [6, 6.07) is 10.2. The Morgan fingerprint density at radius 2 is 1.61 bits per heavy atom. The normalized spacial score (nSPS) is 17.0. The topological polar surface area (TPSA) is 86.8 Å². The van der Waals surface area contributed by atoms with E-state index in [9.17, 15) is 31.2 Å². The average molecular weight is 572 g/mol. The number of nitrogens with zero attached hydrogens (tertiary/aromatic N) is 2. The van der Waals surface area contributed by atoms with Gasteiger partial charge in [0.15, 0.2) is 0 Å². The molecule has 2 aromatic rings. The molecule has 206 valence electrons. The minimum Gasteiger partial charge on any atom is -0.352 e. The van der Waals surface area contributed by atoms with Gasteiger partial charge >= 0.3 is 6.18 Å². The Bertz CT molecular complexity index is 1260. The molecule has 12 heteroatoms. The van der Waals surface area contributed by atoms with Crippen molar-refractivity contribution in [3.8, 4) is 0 Å². The zero-order valence-electron chi connectivity index (χ0n) is 20.6. The van der Waals surface area contributed by atoms with Crippen molar-refractivity contribution in [3.05, 3.63) is 64.7 Å². The van der Waals surface area contributed by atoms with Crippen LogP contribution in [0.4, 0.5) is 13.2 Å². The first-order valence-corrected chi connectivity index (χ1v) is 14.3. The lowest BCUT2D eigenvalue weighted by Crippen LogP contribution is -2.49. The van der Waals surface area contributed by atoms with Crippen LogP contribution in [0.25, 0.3) is 0 Å². The average Bonchev–Trinajstić information content (AvgIpc) is 3.72. The molecule has 1 saturated heterocycles. The van der Waals surface area contributed by atoms with Crippen LogP contribution in [0.15, 0.2) is 53.4 Å². The van der Waals surface area contributed by atoms with E-state index in [4.69, 9.17) is 11.6 Å². The van der Waals surface area contributed by atoms with Gasteiger partial charge in [0, 0.05) is 49.6 Å². The second kappa shape index (κ2) is 11.6. The molecule has 2 aromatic carbocycles. The first-order chi connectivity index (χ1) is 17.9. The minimum atomic E-state index is -4.64. The predicted molar refractivity (Wildman–Crippen MR) is 136 cm³/mol. The summed E-state index contributed by atoms with van der Waals surface area (Å²) in [6.45, 7) is 0.960. The number of carbonyl (C=O) groups is 2. The van der Waals surface area contributed by atoms with Gasteiger partial charge in [0.2, 0.25) is 21.8 Å². The number of halogens is 4. The van der Waals surface area contributed by atoms with Gasteiger partial charge < -0.3 is 10.2 Å². The maximum absolute atomic E-state index is 13.4. The summed E-state index contributed by atoms with van der Waals surface area (Å²) in [6.07, 6.45) is -2.51. The number of hydrogen-bond donors (Lipinski definition) is 1. The molecule has 1 aliphatic carbocycles. The van der Waals surface area contributed by atoms with E-state index in [0.717, 1.165) is 17.7 Å². The quantitative estimate of drug-likeness (QED) is 0.477. The molecule has 1 N–H and O–H groups in total. The van der Waals surface area contributed by atoms with Gasteiger partial charge in [-0.25, -0.2) is 8.42 Å². The minimum absolute atomic E-state index is 0.0322. The van der Waals surface area contributed by atoms with E-state index in [0.29, 0.717) is 56.4 Å². The summed E-state index contributed by atoms with van der Waals surface area (Å²) in [5.41, 5.74) is -0.122. The number of hydrogen-bond acceptors (Lipinski definition) is 4. The van der Waals surface area contributed by atoms with E-state index >= 15 is 0 Å². The number of alkyl halides is 3. The van der Waals surface area contributed by atoms with Crippen LogP contribution in [0.1, 0.15) is 49.7 Å². The third kappa shape index (κ3) is 7.06. The highest BCUT2D eigenvalue weighted by atomic mass is 35.5. The van der Waals surface area contributed by atoms with Crippen molar-refractivity contribution in [1.29, 1.82) is 0 Å². The van der Waals surface area contributed by atoms with Crippen LogP contribution in [-0.4, -0.2) is 54.6 Å². The largest absolute Gasteiger partial charge is 0.416 e. The lowest BCUT2D eigenvalue weighted by Gasteiger charge is -2.38. The first kappa shape index (κ1) is 28.4. The van der Waals surface area contributed by atoms with Crippen LogP contribution in [0.2, 0.25) is 5.02 Å². The van der Waals surface area contributed by atoms with E-state index in [2.05, 4.69) is 5.32 Å². The Labute approximate surface area is 225 Å². The van der Waals surface area contributed by atoms with Gasteiger partial charge in [-0.15, -0.1) is 0 Å². The van der Waals surface area contributed by atoms with E-state index < -0.39 is 27.8 Å². The molecule has 0 spiro atoms. The van der Waals surface area contributed by atoms with Gasteiger partial charge in [0.1, 0.15) is 0 Å². The molecule has 0 aromatic heterocycles. The van der Waals surface area contributed by atoms with Crippen molar-refractivity contribution in [3.63, 3.8) is 0 Å². The third-order valence-corrected chi connectivity index (χ3v) is 9.04. The van der Waals surface area contributed by atoms with Crippen molar-refractivity contribution < 1.29 is 31.2 Å². The predicted octanol–water partition coefficient (Wildman–Crippen LogP) is 4.60. The second-order valence-corrected chi connectivity index (χ2v) is 11.9. The van der Waals surface area contributed by atoms with Crippen molar-refractivity contribution in [2.24, 2.45) is 0 Å². The van der Waals surface area contributed by atoms with Crippen molar-refractivity contribution >= 4 is 33.4 Å². The number of likely N-dealkylation sites (tertiary alicyclic amines) is 1. The molecular weight excluding hydrogens is 543 g/mol. The summed E-state index contributed by atoms with van der Waals surface area (Å²) >= 11 is 5.85. The summed E-state index contributed by atoms with van der Waals surface area (Å²) in [4.78, 5) is 26.1. The van der Waals surface area contributed by atoms with Gasteiger partial charge in [-0.1, -0.05) is 29.8 Å². The first-order valence-electron chi connectivity index (χ1n) is 12.4. The van der Waals surface area contributed by atoms with E-state index in [1.807, 2.05) is 0 Å². The third-order valence-electron chi connectivity index (χ3n) is 6.79. The van der Waals surface area contributed by atoms with Crippen LogP contribution in [0, 0.1) is 0 Å². The summed E-state index contributed by atoms with van der Waals surface area (Å²) in [5.74, 6) is -0.445. The molecule has 0 unspecified atom stereocenters. The van der Waals surface area contributed by atoms with Crippen molar-refractivity contribution in [2.75, 3.05) is 13.1 Å².